The SMILES string of the molecule is COC(=O)N1CCCN(C(=O)N[C@@H]2CCc3ccccc3C2)CC1. The fourth-order valence-electron chi connectivity index (χ4n) is 3.52. The van der Waals surface area contributed by atoms with Crippen LogP contribution >= 0.6 is 0 Å². The van der Waals surface area contributed by atoms with E-state index in [0.29, 0.717) is 26.2 Å². The first kappa shape index (κ1) is 16.6. The zero-order valence-corrected chi connectivity index (χ0v) is 14.2. The molecule has 1 aromatic rings. The van der Waals surface area contributed by atoms with E-state index in [0.717, 1.165) is 25.7 Å². The molecular formula is C18H25N3O3. The van der Waals surface area contributed by atoms with E-state index >= 15 is 0 Å². The van der Waals surface area contributed by atoms with Gasteiger partial charge in [-0.2, -0.15) is 0 Å². The number of rotatable bonds is 1. The molecule has 1 N–H and O–H groups in total. The number of ether oxygens (including phenoxy) is 1. The minimum atomic E-state index is -0.318. The van der Waals surface area contributed by atoms with Gasteiger partial charge in [0.05, 0.1) is 7.11 Å². The topological polar surface area (TPSA) is 61.9 Å². The molecule has 6 nitrogen and oxygen atoms in total. The second-order valence-corrected chi connectivity index (χ2v) is 6.46. The summed E-state index contributed by atoms with van der Waals surface area (Å²) in [6.07, 6.45) is 3.34. The number of carbonyl (C=O) groups is 2. The molecule has 1 fully saturated rings. The number of hydrogen-bond donors (Lipinski definition) is 1. The highest BCUT2D eigenvalue weighted by molar-refractivity contribution is 5.75. The van der Waals surface area contributed by atoms with E-state index in [1.807, 2.05) is 4.90 Å². The number of nitrogens with one attached hydrogen (secondary N) is 1. The van der Waals surface area contributed by atoms with Gasteiger partial charge in [-0.25, -0.2) is 9.59 Å². The summed E-state index contributed by atoms with van der Waals surface area (Å²) in [7, 11) is 1.39. The van der Waals surface area contributed by atoms with Crippen LogP contribution in [0.2, 0.25) is 0 Å². The second kappa shape index (κ2) is 7.55. The maximum absolute atomic E-state index is 12.6. The average Bonchev–Trinajstić information content (AvgIpc) is 2.87. The number of methoxy groups -OCH3 is 1. The molecule has 1 saturated heterocycles. The van der Waals surface area contributed by atoms with Crippen molar-refractivity contribution in [2.24, 2.45) is 0 Å². The maximum Gasteiger partial charge on any atom is 0.409 e. The summed E-state index contributed by atoms with van der Waals surface area (Å²) >= 11 is 0. The minimum absolute atomic E-state index is 0.0221. The second-order valence-electron chi connectivity index (χ2n) is 6.46. The lowest BCUT2D eigenvalue weighted by Crippen LogP contribution is -2.48. The Kier molecular flexibility index (Phi) is 5.23. The molecule has 0 saturated carbocycles. The van der Waals surface area contributed by atoms with Crippen molar-refractivity contribution in [3.63, 3.8) is 0 Å². The summed E-state index contributed by atoms with van der Waals surface area (Å²) in [4.78, 5) is 27.6. The standard InChI is InChI=1S/C18H25N3O3/c1-24-18(23)21-10-4-9-20(11-12-21)17(22)19-16-8-7-14-5-2-3-6-15(14)13-16/h2-3,5-6,16H,4,7-13H2,1H3,(H,19,22)/t16-/m1/s1. The molecule has 0 spiro atoms. The van der Waals surface area contributed by atoms with E-state index in [1.54, 1.807) is 4.90 Å². The van der Waals surface area contributed by atoms with Crippen molar-refractivity contribution in [2.75, 3.05) is 33.3 Å². The fraction of sp³-hybridized carbons (Fsp3) is 0.556. The molecule has 1 atom stereocenters. The Bertz CT molecular complexity index is 605. The van der Waals surface area contributed by atoms with Gasteiger partial charge in [0.25, 0.3) is 0 Å². The van der Waals surface area contributed by atoms with E-state index in [1.165, 1.54) is 18.2 Å². The van der Waals surface area contributed by atoms with Gasteiger partial charge in [0, 0.05) is 32.2 Å². The third kappa shape index (κ3) is 3.80. The van der Waals surface area contributed by atoms with Gasteiger partial charge in [-0.1, -0.05) is 24.3 Å². The molecule has 1 aliphatic carbocycles. The molecule has 24 heavy (non-hydrogen) atoms. The molecule has 1 aromatic carbocycles. The Morgan fingerprint density at radius 3 is 2.58 bits per heavy atom. The summed E-state index contributed by atoms with van der Waals surface area (Å²) in [6, 6.07) is 8.61. The lowest BCUT2D eigenvalue weighted by molar-refractivity contribution is 0.125. The van der Waals surface area contributed by atoms with Crippen molar-refractivity contribution in [1.29, 1.82) is 0 Å². The molecule has 0 aromatic heterocycles. The van der Waals surface area contributed by atoms with Gasteiger partial charge < -0.3 is 19.9 Å². The number of benzene rings is 1. The number of aryl methyl sites for hydroxylation is 1. The van der Waals surface area contributed by atoms with E-state index in [2.05, 4.69) is 29.6 Å². The van der Waals surface area contributed by atoms with Gasteiger partial charge in [0.15, 0.2) is 0 Å². The van der Waals surface area contributed by atoms with Crippen LogP contribution in [0.1, 0.15) is 24.0 Å². The fourth-order valence-corrected chi connectivity index (χ4v) is 3.52. The van der Waals surface area contributed by atoms with Crippen LogP contribution in [0.25, 0.3) is 0 Å². The van der Waals surface area contributed by atoms with Crippen LogP contribution in [0.5, 0.6) is 0 Å². The lowest BCUT2D eigenvalue weighted by atomic mass is 9.88. The van der Waals surface area contributed by atoms with Crippen molar-refractivity contribution < 1.29 is 14.3 Å². The average molecular weight is 331 g/mol. The molecule has 6 heteroatoms. The van der Waals surface area contributed by atoms with Crippen LogP contribution in [-0.2, 0) is 17.6 Å². The van der Waals surface area contributed by atoms with Crippen LogP contribution in [0.4, 0.5) is 9.59 Å². The highest BCUT2D eigenvalue weighted by atomic mass is 16.5. The molecule has 2 aliphatic rings. The minimum Gasteiger partial charge on any atom is -0.453 e. The quantitative estimate of drug-likeness (QED) is 0.856. The number of nitrogens with zero attached hydrogens (tertiary/aromatic N) is 2. The highest BCUT2D eigenvalue weighted by Gasteiger charge is 2.25. The van der Waals surface area contributed by atoms with E-state index in [4.69, 9.17) is 4.74 Å². The Labute approximate surface area is 142 Å². The van der Waals surface area contributed by atoms with E-state index in [-0.39, 0.29) is 18.2 Å². The highest BCUT2D eigenvalue weighted by Crippen LogP contribution is 2.21. The lowest BCUT2D eigenvalue weighted by Gasteiger charge is -2.29. The van der Waals surface area contributed by atoms with Crippen LogP contribution in [0, 0.1) is 0 Å². The Morgan fingerprint density at radius 1 is 1.08 bits per heavy atom. The third-order valence-corrected chi connectivity index (χ3v) is 4.89. The molecule has 130 valence electrons. The van der Waals surface area contributed by atoms with Crippen molar-refractivity contribution in [1.82, 2.24) is 15.1 Å². The normalized spacial score (nSPS) is 20.8. The molecule has 0 unspecified atom stereocenters. The van der Waals surface area contributed by atoms with Crippen molar-refractivity contribution in [2.45, 2.75) is 31.7 Å². The summed E-state index contributed by atoms with van der Waals surface area (Å²) in [5.74, 6) is 0. The third-order valence-electron chi connectivity index (χ3n) is 4.89. The largest absolute Gasteiger partial charge is 0.453 e. The number of fused-ring (bicyclic) bond motifs is 1. The van der Waals surface area contributed by atoms with Crippen LogP contribution in [-0.4, -0.2) is 61.3 Å². The van der Waals surface area contributed by atoms with Gasteiger partial charge in [-0.05, 0) is 36.8 Å². The van der Waals surface area contributed by atoms with E-state index in [9.17, 15) is 9.59 Å². The zero-order valence-electron chi connectivity index (χ0n) is 14.2. The Hall–Kier alpha value is -2.24. The molecule has 1 heterocycles. The van der Waals surface area contributed by atoms with Crippen LogP contribution in [0.3, 0.4) is 0 Å². The van der Waals surface area contributed by atoms with Crippen molar-refractivity contribution in [3.05, 3.63) is 35.4 Å². The molecule has 3 rings (SSSR count). The molecule has 3 amide bonds. The summed E-state index contributed by atoms with van der Waals surface area (Å²) < 4.78 is 4.76. The first-order valence-electron chi connectivity index (χ1n) is 8.62. The van der Waals surface area contributed by atoms with Crippen LogP contribution < -0.4 is 5.32 Å². The Morgan fingerprint density at radius 2 is 1.79 bits per heavy atom. The van der Waals surface area contributed by atoms with Crippen molar-refractivity contribution >= 4 is 12.1 Å². The van der Waals surface area contributed by atoms with Crippen LogP contribution in [0.15, 0.2) is 24.3 Å². The van der Waals surface area contributed by atoms with Gasteiger partial charge in [0.2, 0.25) is 0 Å². The monoisotopic (exact) mass is 331 g/mol. The Balaban J connectivity index is 1.53. The van der Waals surface area contributed by atoms with Gasteiger partial charge >= 0.3 is 12.1 Å². The first-order chi connectivity index (χ1) is 11.7. The van der Waals surface area contributed by atoms with Gasteiger partial charge in [0.1, 0.15) is 0 Å². The van der Waals surface area contributed by atoms with E-state index < -0.39 is 0 Å². The molecule has 0 bridgehead atoms. The number of amides is 3. The number of hydrogen-bond acceptors (Lipinski definition) is 3. The summed E-state index contributed by atoms with van der Waals surface area (Å²) in [6.45, 7) is 2.37. The van der Waals surface area contributed by atoms with Crippen molar-refractivity contribution in [3.8, 4) is 0 Å². The predicted molar refractivity (Wildman–Crippen MR) is 91.0 cm³/mol. The number of urea groups is 1. The van der Waals surface area contributed by atoms with Gasteiger partial charge in [-0.15, -0.1) is 0 Å². The molecule has 1 aliphatic heterocycles. The molecular weight excluding hydrogens is 306 g/mol. The first-order valence-corrected chi connectivity index (χ1v) is 8.62. The molecule has 0 radical (unpaired) electrons. The summed E-state index contributed by atoms with van der Waals surface area (Å²) in [5.41, 5.74) is 2.73. The maximum atomic E-state index is 12.6. The summed E-state index contributed by atoms with van der Waals surface area (Å²) in [5, 5.41) is 3.17. The predicted octanol–water partition coefficient (Wildman–Crippen LogP) is 2.03. The number of carbonyl (C=O) groups excluding carboxylic acids is 2. The zero-order chi connectivity index (χ0) is 16.9. The van der Waals surface area contributed by atoms with Gasteiger partial charge in [-0.3, -0.25) is 0 Å². The smallest absolute Gasteiger partial charge is 0.409 e.